The second-order valence-corrected chi connectivity index (χ2v) is 5.02. The molecule has 0 aliphatic rings. The SMILES string of the molecule is COc1ccc(CC(=O)O)cc1-c1cc(OC)c(OC)c(OC)c1. The molecule has 0 aromatic heterocycles. The Labute approximate surface area is 140 Å². The maximum atomic E-state index is 11.0. The summed E-state index contributed by atoms with van der Waals surface area (Å²) in [5.74, 6) is 1.24. The summed E-state index contributed by atoms with van der Waals surface area (Å²) in [6.45, 7) is 0. The van der Waals surface area contributed by atoms with Gasteiger partial charge in [0.05, 0.1) is 34.9 Å². The Morgan fingerprint density at radius 3 is 1.92 bits per heavy atom. The normalized spacial score (nSPS) is 10.2. The largest absolute Gasteiger partial charge is 0.496 e. The van der Waals surface area contributed by atoms with Crippen LogP contribution in [-0.4, -0.2) is 39.5 Å². The molecule has 0 bridgehead atoms. The minimum atomic E-state index is -0.893. The van der Waals surface area contributed by atoms with Crippen molar-refractivity contribution in [2.24, 2.45) is 0 Å². The Kier molecular flexibility index (Phi) is 5.52. The van der Waals surface area contributed by atoms with Crippen LogP contribution in [0.5, 0.6) is 23.0 Å². The first-order chi connectivity index (χ1) is 11.5. The Bertz CT molecular complexity index is 713. The van der Waals surface area contributed by atoms with Gasteiger partial charge in [-0.15, -0.1) is 0 Å². The Balaban J connectivity index is 2.63. The summed E-state index contributed by atoms with van der Waals surface area (Å²) in [6.07, 6.45) is -0.0680. The van der Waals surface area contributed by atoms with Crippen LogP contribution in [0.2, 0.25) is 0 Å². The fourth-order valence-electron chi connectivity index (χ4n) is 2.50. The van der Waals surface area contributed by atoms with Crippen LogP contribution in [0.3, 0.4) is 0 Å². The molecule has 2 aromatic carbocycles. The zero-order valence-electron chi connectivity index (χ0n) is 14.1. The van der Waals surface area contributed by atoms with Crippen LogP contribution in [0.25, 0.3) is 11.1 Å². The van der Waals surface area contributed by atoms with E-state index in [1.54, 1.807) is 51.7 Å². The monoisotopic (exact) mass is 332 g/mol. The molecular formula is C18H20O6. The van der Waals surface area contributed by atoms with Gasteiger partial charge in [-0.2, -0.15) is 0 Å². The molecule has 6 nitrogen and oxygen atoms in total. The molecule has 0 fully saturated rings. The van der Waals surface area contributed by atoms with Crippen molar-refractivity contribution in [3.63, 3.8) is 0 Å². The predicted molar refractivity (Wildman–Crippen MR) is 89.4 cm³/mol. The highest BCUT2D eigenvalue weighted by atomic mass is 16.5. The van der Waals surface area contributed by atoms with Gasteiger partial charge in [-0.05, 0) is 35.4 Å². The van der Waals surface area contributed by atoms with Gasteiger partial charge >= 0.3 is 5.97 Å². The smallest absolute Gasteiger partial charge is 0.307 e. The minimum Gasteiger partial charge on any atom is -0.496 e. The van der Waals surface area contributed by atoms with Crippen molar-refractivity contribution in [1.29, 1.82) is 0 Å². The lowest BCUT2D eigenvalue weighted by atomic mass is 9.99. The van der Waals surface area contributed by atoms with E-state index in [0.29, 0.717) is 28.6 Å². The second kappa shape index (κ2) is 7.59. The third kappa shape index (κ3) is 3.53. The molecule has 24 heavy (non-hydrogen) atoms. The number of carboxylic acids is 1. The average molecular weight is 332 g/mol. The summed E-state index contributed by atoms with van der Waals surface area (Å²) in [6, 6.07) is 8.85. The molecule has 2 aromatic rings. The van der Waals surface area contributed by atoms with Crippen molar-refractivity contribution in [2.45, 2.75) is 6.42 Å². The molecule has 0 aliphatic heterocycles. The average Bonchev–Trinajstić information content (AvgIpc) is 2.59. The quantitative estimate of drug-likeness (QED) is 0.840. The standard InChI is InChI=1S/C18H20O6/c1-21-14-6-5-11(8-17(19)20)7-13(14)12-9-15(22-2)18(24-4)16(10-12)23-3/h5-7,9-10H,8H2,1-4H3,(H,19,20). The lowest BCUT2D eigenvalue weighted by Crippen LogP contribution is -2.01. The maximum Gasteiger partial charge on any atom is 0.307 e. The Hall–Kier alpha value is -2.89. The summed E-state index contributed by atoms with van der Waals surface area (Å²) in [5, 5.41) is 9.00. The minimum absolute atomic E-state index is 0.0680. The number of hydrogen-bond donors (Lipinski definition) is 1. The van der Waals surface area contributed by atoms with Crippen LogP contribution >= 0.6 is 0 Å². The van der Waals surface area contributed by atoms with Gasteiger partial charge in [-0.25, -0.2) is 0 Å². The van der Waals surface area contributed by atoms with E-state index in [-0.39, 0.29) is 6.42 Å². The first kappa shape index (κ1) is 17.5. The molecule has 0 saturated carbocycles. The third-order valence-electron chi connectivity index (χ3n) is 3.59. The highest BCUT2D eigenvalue weighted by Crippen LogP contribution is 2.43. The highest BCUT2D eigenvalue weighted by Gasteiger charge is 2.17. The van der Waals surface area contributed by atoms with E-state index in [0.717, 1.165) is 11.1 Å². The molecular weight excluding hydrogens is 312 g/mol. The molecule has 128 valence electrons. The number of aliphatic carboxylic acids is 1. The van der Waals surface area contributed by atoms with E-state index in [4.69, 9.17) is 24.1 Å². The van der Waals surface area contributed by atoms with E-state index in [1.807, 2.05) is 0 Å². The molecule has 0 saturated heterocycles. The number of carboxylic acid groups (broad SMARTS) is 1. The molecule has 0 spiro atoms. The lowest BCUT2D eigenvalue weighted by molar-refractivity contribution is -0.136. The zero-order valence-corrected chi connectivity index (χ0v) is 14.1. The summed E-state index contributed by atoms with van der Waals surface area (Å²) in [7, 11) is 6.18. The highest BCUT2D eigenvalue weighted by molar-refractivity contribution is 5.78. The molecule has 0 aliphatic carbocycles. The first-order valence-electron chi connectivity index (χ1n) is 7.23. The number of carbonyl (C=O) groups is 1. The van der Waals surface area contributed by atoms with E-state index in [9.17, 15) is 4.79 Å². The topological polar surface area (TPSA) is 74.2 Å². The number of benzene rings is 2. The molecule has 0 atom stereocenters. The Morgan fingerprint density at radius 2 is 1.46 bits per heavy atom. The second-order valence-electron chi connectivity index (χ2n) is 5.02. The molecule has 0 unspecified atom stereocenters. The fraction of sp³-hybridized carbons (Fsp3) is 0.278. The van der Waals surface area contributed by atoms with E-state index < -0.39 is 5.97 Å². The van der Waals surface area contributed by atoms with Crippen LogP contribution in [-0.2, 0) is 11.2 Å². The predicted octanol–water partition coefficient (Wildman–Crippen LogP) is 3.02. The van der Waals surface area contributed by atoms with Gasteiger partial charge in [-0.3, -0.25) is 4.79 Å². The van der Waals surface area contributed by atoms with Crippen molar-refractivity contribution in [3.05, 3.63) is 35.9 Å². The van der Waals surface area contributed by atoms with Crippen LogP contribution in [0.15, 0.2) is 30.3 Å². The van der Waals surface area contributed by atoms with Crippen LogP contribution in [0, 0.1) is 0 Å². The van der Waals surface area contributed by atoms with Gasteiger partial charge in [-0.1, -0.05) is 6.07 Å². The fourth-order valence-corrected chi connectivity index (χ4v) is 2.50. The van der Waals surface area contributed by atoms with Crippen LogP contribution in [0.1, 0.15) is 5.56 Å². The zero-order chi connectivity index (χ0) is 17.7. The molecule has 6 heteroatoms. The van der Waals surface area contributed by atoms with Crippen molar-refractivity contribution < 1.29 is 28.8 Å². The summed E-state index contributed by atoms with van der Waals surface area (Å²) < 4.78 is 21.5. The lowest BCUT2D eigenvalue weighted by Gasteiger charge is -2.16. The van der Waals surface area contributed by atoms with E-state index in [2.05, 4.69) is 0 Å². The summed E-state index contributed by atoms with van der Waals surface area (Å²) in [4.78, 5) is 11.0. The van der Waals surface area contributed by atoms with Crippen molar-refractivity contribution >= 4 is 5.97 Å². The van der Waals surface area contributed by atoms with Crippen molar-refractivity contribution in [1.82, 2.24) is 0 Å². The van der Waals surface area contributed by atoms with Gasteiger partial charge in [0, 0.05) is 5.56 Å². The molecule has 1 N–H and O–H groups in total. The van der Waals surface area contributed by atoms with Gasteiger partial charge in [0.1, 0.15) is 5.75 Å². The molecule has 0 heterocycles. The van der Waals surface area contributed by atoms with E-state index in [1.165, 1.54) is 7.11 Å². The van der Waals surface area contributed by atoms with Gasteiger partial charge in [0.15, 0.2) is 11.5 Å². The molecule has 0 amide bonds. The number of methoxy groups -OCH3 is 4. The van der Waals surface area contributed by atoms with Gasteiger partial charge < -0.3 is 24.1 Å². The third-order valence-corrected chi connectivity index (χ3v) is 3.59. The van der Waals surface area contributed by atoms with Crippen LogP contribution < -0.4 is 18.9 Å². The van der Waals surface area contributed by atoms with Gasteiger partial charge in [0.2, 0.25) is 5.75 Å². The number of rotatable bonds is 7. The molecule has 2 rings (SSSR count). The molecule has 0 radical (unpaired) electrons. The van der Waals surface area contributed by atoms with E-state index >= 15 is 0 Å². The summed E-state index contributed by atoms with van der Waals surface area (Å²) >= 11 is 0. The Morgan fingerprint density at radius 1 is 0.875 bits per heavy atom. The van der Waals surface area contributed by atoms with Crippen LogP contribution in [0.4, 0.5) is 0 Å². The van der Waals surface area contributed by atoms with Gasteiger partial charge in [0.25, 0.3) is 0 Å². The van der Waals surface area contributed by atoms with Crippen molar-refractivity contribution in [3.8, 4) is 34.1 Å². The number of hydrogen-bond acceptors (Lipinski definition) is 5. The first-order valence-corrected chi connectivity index (χ1v) is 7.23. The summed E-state index contributed by atoms with van der Waals surface area (Å²) in [5.41, 5.74) is 2.19. The van der Waals surface area contributed by atoms with Crippen molar-refractivity contribution in [2.75, 3.05) is 28.4 Å². The number of ether oxygens (including phenoxy) is 4. The maximum absolute atomic E-state index is 11.0.